The van der Waals surface area contributed by atoms with Gasteiger partial charge in [-0.15, -0.1) is 0 Å². The Bertz CT molecular complexity index is 557. The molecule has 1 aromatic carbocycles. The first kappa shape index (κ1) is 17.1. The zero-order valence-corrected chi connectivity index (χ0v) is 13.8. The van der Waals surface area contributed by atoms with Gasteiger partial charge in [0.05, 0.1) is 6.54 Å². The van der Waals surface area contributed by atoms with Crippen molar-refractivity contribution in [3.05, 3.63) is 34.9 Å². The summed E-state index contributed by atoms with van der Waals surface area (Å²) in [6.07, 6.45) is -1.37. The number of β-amino-alcohol motifs (C(OH)–C–C–N with tert-alkyl or cyclic N) is 1. The van der Waals surface area contributed by atoms with Gasteiger partial charge in [-0.05, 0) is 38.5 Å². The maximum Gasteiger partial charge on any atom is 0.410 e. The van der Waals surface area contributed by atoms with Crippen molar-refractivity contribution in [2.45, 2.75) is 44.5 Å². The normalized spacial score (nSPS) is 25.9. The SMILES string of the molecule is CC(C)(C)OC(=O)N1CC[C@@](O)(c2cccc(Cl)c2)[C@H](O)C1. The molecule has 22 heavy (non-hydrogen) atoms. The van der Waals surface area contributed by atoms with Crippen LogP contribution in [0.2, 0.25) is 5.02 Å². The van der Waals surface area contributed by atoms with Gasteiger partial charge in [0.15, 0.2) is 0 Å². The van der Waals surface area contributed by atoms with Crippen molar-refractivity contribution >= 4 is 17.7 Å². The molecule has 2 atom stereocenters. The number of amides is 1. The molecule has 2 rings (SSSR count). The van der Waals surface area contributed by atoms with Gasteiger partial charge in [-0.2, -0.15) is 0 Å². The molecular formula is C16H22ClNO4. The van der Waals surface area contributed by atoms with Crippen molar-refractivity contribution in [1.29, 1.82) is 0 Å². The van der Waals surface area contributed by atoms with E-state index in [-0.39, 0.29) is 13.0 Å². The summed E-state index contributed by atoms with van der Waals surface area (Å²) in [7, 11) is 0. The molecule has 1 fully saturated rings. The number of piperidine rings is 1. The Labute approximate surface area is 135 Å². The van der Waals surface area contributed by atoms with Gasteiger partial charge in [0.2, 0.25) is 0 Å². The third kappa shape index (κ3) is 3.72. The fourth-order valence-corrected chi connectivity index (χ4v) is 2.70. The Morgan fingerprint density at radius 1 is 1.45 bits per heavy atom. The molecule has 0 spiro atoms. The molecule has 6 heteroatoms. The largest absolute Gasteiger partial charge is 0.444 e. The number of rotatable bonds is 1. The number of halogens is 1. The summed E-state index contributed by atoms with van der Waals surface area (Å²) < 4.78 is 5.29. The molecular weight excluding hydrogens is 306 g/mol. The number of carbonyl (C=O) groups excluding carboxylic acids is 1. The number of aliphatic hydroxyl groups is 2. The van der Waals surface area contributed by atoms with Gasteiger partial charge in [0.25, 0.3) is 0 Å². The second kappa shape index (κ2) is 6.07. The van der Waals surface area contributed by atoms with Gasteiger partial charge < -0.3 is 19.8 Å². The van der Waals surface area contributed by atoms with Crippen LogP contribution in [-0.2, 0) is 10.3 Å². The highest BCUT2D eigenvalue weighted by Gasteiger charge is 2.44. The van der Waals surface area contributed by atoms with Crippen LogP contribution in [0.1, 0.15) is 32.8 Å². The van der Waals surface area contributed by atoms with E-state index in [4.69, 9.17) is 16.3 Å². The highest BCUT2D eigenvalue weighted by molar-refractivity contribution is 6.30. The minimum Gasteiger partial charge on any atom is -0.444 e. The number of aliphatic hydroxyl groups excluding tert-OH is 1. The molecule has 0 aliphatic carbocycles. The van der Waals surface area contributed by atoms with E-state index in [0.29, 0.717) is 17.1 Å². The molecule has 2 N–H and O–H groups in total. The van der Waals surface area contributed by atoms with Crippen LogP contribution < -0.4 is 0 Å². The molecule has 1 aromatic rings. The van der Waals surface area contributed by atoms with Crippen molar-refractivity contribution in [3.8, 4) is 0 Å². The quantitative estimate of drug-likeness (QED) is 0.831. The number of nitrogens with zero attached hydrogens (tertiary/aromatic N) is 1. The zero-order valence-electron chi connectivity index (χ0n) is 13.0. The minimum atomic E-state index is -1.41. The zero-order chi connectivity index (χ0) is 16.5. The third-order valence-electron chi connectivity index (χ3n) is 3.68. The number of benzene rings is 1. The van der Waals surface area contributed by atoms with Crippen molar-refractivity contribution < 1.29 is 19.7 Å². The highest BCUT2D eigenvalue weighted by Crippen LogP contribution is 2.34. The first-order valence-electron chi connectivity index (χ1n) is 7.26. The molecule has 1 amide bonds. The van der Waals surface area contributed by atoms with Crippen LogP contribution >= 0.6 is 11.6 Å². The van der Waals surface area contributed by atoms with Crippen molar-refractivity contribution in [2.24, 2.45) is 0 Å². The number of hydrogen-bond donors (Lipinski definition) is 2. The molecule has 0 aromatic heterocycles. The average Bonchev–Trinajstić information content (AvgIpc) is 2.40. The fraction of sp³-hybridized carbons (Fsp3) is 0.562. The lowest BCUT2D eigenvalue weighted by atomic mass is 9.82. The van der Waals surface area contributed by atoms with E-state index in [2.05, 4.69) is 0 Å². The standard InChI is InChI=1S/C16H22ClNO4/c1-15(2,3)22-14(20)18-8-7-16(21,13(19)10-18)11-5-4-6-12(17)9-11/h4-6,9,13,19,21H,7-8,10H2,1-3H3/t13-,16-/m1/s1. The summed E-state index contributed by atoms with van der Waals surface area (Å²) in [5.41, 5.74) is -1.46. The van der Waals surface area contributed by atoms with Gasteiger partial charge in [-0.25, -0.2) is 4.79 Å². The second-order valence-corrected chi connectivity index (χ2v) is 7.06. The lowest BCUT2D eigenvalue weighted by Gasteiger charge is -2.42. The molecule has 1 aliphatic heterocycles. The van der Waals surface area contributed by atoms with E-state index in [1.54, 1.807) is 45.0 Å². The summed E-state index contributed by atoms with van der Waals surface area (Å²) in [5, 5.41) is 21.6. The lowest BCUT2D eigenvalue weighted by Crippen LogP contribution is -2.55. The predicted molar refractivity (Wildman–Crippen MR) is 83.8 cm³/mol. The Morgan fingerprint density at radius 2 is 2.14 bits per heavy atom. The fourth-order valence-electron chi connectivity index (χ4n) is 2.51. The first-order valence-corrected chi connectivity index (χ1v) is 7.64. The summed E-state index contributed by atoms with van der Waals surface area (Å²) in [5.74, 6) is 0. The molecule has 1 saturated heterocycles. The molecule has 122 valence electrons. The van der Waals surface area contributed by atoms with E-state index in [0.717, 1.165) is 0 Å². The van der Waals surface area contributed by atoms with Crippen LogP contribution in [0.25, 0.3) is 0 Å². The molecule has 1 aliphatic rings. The second-order valence-electron chi connectivity index (χ2n) is 6.63. The summed E-state index contributed by atoms with van der Waals surface area (Å²) in [6, 6.07) is 6.78. The van der Waals surface area contributed by atoms with Gasteiger partial charge >= 0.3 is 6.09 Å². The van der Waals surface area contributed by atoms with Gasteiger partial charge in [0, 0.05) is 18.0 Å². The minimum absolute atomic E-state index is 0.0118. The van der Waals surface area contributed by atoms with Gasteiger partial charge in [-0.3, -0.25) is 0 Å². The van der Waals surface area contributed by atoms with Gasteiger partial charge in [0.1, 0.15) is 17.3 Å². The maximum atomic E-state index is 12.1. The molecule has 0 saturated carbocycles. The van der Waals surface area contributed by atoms with E-state index >= 15 is 0 Å². The lowest BCUT2D eigenvalue weighted by molar-refractivity contribution is -0.123. The van der Waals surface area contributed by atoms with Crippen molar-refractivity contribution in [1.82, 2.24) is 4.90 Å². The molecule has 1 heterocycles. The van der Waals surface area contributed by atoms with Crippen LogP contribution in [0.5, 0.6) is 0 Å². The number of hydrogen-bond acceptors (Lipinski definition) is 4. The van der Waals surface area contributed by atoms with Crippen LogP contribution in [0.4, 0.5) is 4.79 Å². The van der Waals surface area contributed by atoms with Crippen molar-refractivity contribution in [3.63, 3.8) is 0 Å². The van der Waals surface area contributed by atoms with Crippen LogP contribution in [0.3, 0.4) is 0 Å². The van der Waals surface area contributed by atoms with E-state index < -0.39 is 23.4 Å². The topological polar surface area (TPSA) is 70.0 Å². The van der Waals surface area contributed by atoms with E-state index in [1.807, 2.05) is 0 Å². The predicted octanol–water partition coefficient (Wildman–Crippen LogP) is 2.53. The van der Waals surface area contributed by atoms with Crippen LogP contribution in [-0.4, -0.2) is 46.0 Å². The Hall–Kier alpha value is -1.30. The van der Waals surface area contributed by atoms with Crippen LogP contribution in [0.15, 0.2) is 24.3 Å². The number of likely N-dealkylation sites (tertiary alicyclic amines) is 1. The van der Waals surface area contributed by atoms with Crippen molar-refractivity contribution in [2.75, 3.05) is 13.1 Å². The first-order chi connectivity index (χ1) is 10.1. The molecule has 0 unspecified atom stereocenters. The maximum absolute atomic E-state index is 12.1. The van der Waals surface area contributed by atoms with Crippen LogP contribution in [0, 0.1) is 0 Å². The Kier molecular flexibility index (Phi) is 4.70. The molecule has 0 radical (unpaired) electrons. The van der Waals surface area contributed by atoms with E-state index in [1.165, 1.54) is 4.90 Å². The Morgan fingerprint density at radius 3 is 2.68 bits per heavy atom. The smallest absolute Gasteiger partial charge is 0.410 e. The number of carbonyl (C=O) groups is 1. The molecule has 0 bridgehead atoms. The van der Waals surface area contributed by atoms with E-state index in [9.17, 15) is 15.0 Å². The summed E-state index contributed by atoms with van der Waals surface area (Å²) >= 11 is 5.95. The van der Waals surface area contributed by atoms with Gasteiger partial charge in [-0.1, -0.05) is 23.7 Å². The summed E-state index contributed by atoms with van der Waals surface area (Å²) in [4.78, 5) is 13.5. The highest BCUT2D eigenvalue weighted by atomic mass is 35.5. The monoisotopic (exact) mass is 327 g/mol. The average molecular weight is 328 g/mol. The summed E-state index contributed by atoms with van der Waals surface area (Å²) in [6.45, 7) is 5.67. The number of ether oxygens (including phenoxy) is 1. The third-order valence-corrected chi connectivity index (χ3v) is 3.92. The Balaban J connectivity index is 2.11. The molecule has 5 nitrogen and oxygen atoms in total.